The predicted octanol–water partition coefficient (Wildman–Crippen LogP) is 4.04. The Morgan fingerprint density at radius 2 is 1.86 bits per heavy atom. The van der Waals surface area contributed by atoms with Gasteiger partial charge in [-0.1, -0.05) is 0 Å². The average Bonchev–Trinajstić information content (AvgIpc) is 2.73. The Morgan fingerprint density at radius 3 is 2.50 bits per heavy atom. The van der Waals surface area contributed by atoms with E-state index in [-0.39, 0.29) is 5.97 Å². The molecule has 150 valence electrons. The fraction of sp³-hybridized carbons (Fsp3) is 0.500. The molecule has 28 heavy (non-hydrogen) atoms. The molecule has 1 aromatic carbocycles. The van der Waals surface area contributed by atoms with E-state index in [0.717, 1.165) is 42.7 Å². The lowest BCUT2D eigenvalue weighted by Gasteiger charge is -2.32. The van der Waals surface area contributed by atoms with E-state index in [9.17, 15) is 4.79 Å². The highest BCUT2D eigenvalue weighted by atomic mass is 16.5. The molecular weight excluding hydrogens is 354 g/mol. The van der Waals surface area contributed by atoms with E-state index in [2.05, 4.69) is 21.2 Å². The quantitative estimate of drug-likeness (QED) is 0.506. The van der Waals surface area contributed by atoms with Crippen molar-refractivity contribution in [3.63, 3.8) is 0 Å². The largest absolute Gasteiger partial charge is 0.494 e. The van der Waals surface area contributed by atoms with Gasteiger partial charge >= 0.3 is 5.97 Å². The van der Waals surface area contributed by atoms with Gasteiger partial charge in [0.05, 0.1) is 24.5 Å². The molecule has 0 aliphatic carbocycles. The van der Waals surface area contributed by atoms with Crippen molar-refractivity contribution in [2.24, 2.45) is 5.92 Å². The van der Waals surface area contributed by atoms with Gasteiger partial charge in [-0.15, -0.1) is 5.10 Å². The lowest BCUT2D eigenvalue weighted by molar-refractivity contribution is 0.0526. The Balaban J connectivity index is 1.34. The van der Waals surface area contributed by atoms with Gasteiger partial charge in [-0.2, -0.15) is 5.10 Å². The van der Waals surface area contributed by atoms with Crippen LogP contribution in [0.2, 0.25) is 0 Å². The monoisotopic (exact) mass is 383 g/mol. The highest BCUT2D eigenvalue weighted by Gasteiger charge is 2.20. The summed E-state index contributed by atoms with van der Waals surface area (Å²) in [7, 11) is 0. The van der Waals surface area contributed by atoms with Crippen LogP contribution >= 0.6 is 0 Å². The van der Waals surface area contributed by atoms with Gasteiger partial charge in [-0.05, 0) is 81.8 Å². The standard InChI is InChI=1S/C22H29N3O3/c1-3-27-22(26)19-7-9-20(10-8-19)28-16-4-5-18-12-14-25(15-13-18)21-11-6-17(2)23-24-21/h6-11,18H,3-5,12-16H2,1-2H3. The van der Waals surface area contributed by atoms with Gasteiger partial charge in [0.15, 0.2) is 5.82 Å². The smallest absolute Gasteiger partial charge is 0.338 e. The Hall–Kier alpha value is -2.63. The predicted molar refractivity (Wildman–Crippen MR) is 109 cm³/mol. The van der Waals surface area contributed by atoms with E-state index in [1.54, 1.807) is 19.1 Å². The molecule has 2 aromatic rings. The van der Waals surface area contributed by atoms with E-state index in [0.29, 0.717) is 18.8 Å². The van der Waals surface area contributed by atoms with Crippen molar-refractivity contribution in [2.75, 3.05) is 31.2 Å². The van der Waals surface area contributed by atoms with E-state index >= 15 is 0 Å². The summed E-state index contributed by atoms with van der Waals surface area (Å²) in [5.74, 6) is 2.22. The molecule has 0 amide bonds. The van der Waals surface area contributed by atoms with Crippen molar-refractivity contribution in [3.8, 4) is 5.75 Å². The van der Waals surface area contributed by atoms with Gasteiger partial charge in [0.1, 0.15) is 5.75 Å². The molecule has 1 fully saturated rings. The summed E-state index contributed by atoms with van der Waals surface area (Å²) in [6.45, 7) is 6.92. The minimum atomic E-state index is -0.294. The van der Waals surface area contributed by atoms with Gasteiger partial charge in [0.25, 0.3) is 0 Å². The number of rotatable bonds is 8. The molecule has 0 atom stereocenters. The normalized spacial score (nSPS) is 14.7. The second kappa shape index (κ2) is 10.1. The van der Waals surface area contributed by atoms with Crippen LogP contribution < -0.4 is 9.64 Å². The zero-order valence-electron chi connectivity index (χ0n) is 16.8. The second-order valence-corrected chi connectivity index (χ2v) is 7.20. The number of nitrogens with zero attached hydrogens (tertiary/aromatic N) is 3. The fourth-order valence-electron chi connectivity index (χ4n) is 3.47. The summed E-state index contributed by atoms with van der Waals surface area (Å²) in [5, 5.41) is 8.44. The fourth-order valence-corrected chi connectivity index (χ4v) is 3.47. The van der Waals surface area contributed by atoms with Gasteiger partial charge < -0.3 is 14.4 Å². The molecular formula is C22H29N3O3. The zero-order chi connectivity index (χ0) is 19.8. The Morgan fingerprint density at radius 1 is 1.11 bits per heavy atom. The topological polar surface area (TPSA) is 64.6 Å². The summed E-state index contributed by atoms with van der Waals surface area (Å²) in [4.78, 5) is 14.0. The molecule has 0 unspecified atom stereocenters. The highest BCUT2D eigenvalue weighted by Crippen LogP contribution is 2.25. The third-order valence-corrected chi connectivity index (χ3v) is 5.11. The molecule has 0 radical (unpaired) electrons. The Kier molecular flexibility index (Phi) is 7.23. The maximum atomic E-state index is 11.6. The summed E-state index contributed by atoms with van der Waals surface area (Å²) >= 11 is 0. The van der Waals surface area contributed by atoms with Crippen LogP contribution in [0.15, 0.2) is 36.4 Å². The Labute approximate surface area is 166 Å². The summed E-state index contributed by atoms with van der Waals surface area (Å²) in [6, 6.07) is 11.2. The number of carbonyl (C=O) groups is 1. The number of esters is 1. The first kappa shape index (κ1) is 20.1. The molecule has 0 spiro atoms. The number of hydrogen-bond donors (Lipinski definition) is 0. The Bertz CT molecular complexity index is 739. The van der Waals surface area contributed by atoms with Crippen LogP contribution in [0.4, 0.5) is 5.82 Å². The maximum Gasteiger partial charge on any atom is 0.338 e. The van der Waals surface area contributed by atoms with E-state index < -0.39 is 0 Å². The maximum absolute atomic E-state index is 11.6. The van der Waals surface area contributed by atoms with Crippen molar-refractivity contribution >= 4 is 11.8 Å². The third-order valence-electron chi connectivity index (χ3n) is 5.11. The van der Waals surface area contributed by atoms with Crippen molar-refractivity contribution in [1.82, 2.24) is 10.2 Å². The molecule has 1 aromatic heterocycles. The van der Waals surface area contributed by atoms with Gasteiger partial charge in [-0.25, -0.2) is 4.79 Å². The average molecular weight is 383 g/mol. The lowest BCUT2D eigenvalue weighted by Crippen LogP contribution is -2.34. The summed E-state index contributed by atoms with van der Waals surface area (Å²) in [6.07, 6.45) is 4.58. The van der Waals surface area contributed by atoms with Crippen LogP contribution in [0.1, 0.15) is 48.7 Å². The summed E-state index contributed by atoms with van der Waals surface area (Å²) in [5.41, 5.74) is 1.51. The SMILES string of the molecule is CCOC(=O)c1ccc(OCCCC2CCN(c3ccc(C)nn3)CC2)cc1. The van der Waals surface area contributed by atoms with Gasteiger partial charge in [0, 0.05) is 13.1 Å². The van der Waals surface area contributed by atoms with Crippen molar-refractivity contribution in [1.29, 1.82) is 0 Å². The van der Waals surface area contributed by atoms with Crippen LogP contribution in [0.5, 0.6) is 5.75 Å². The van der Waals surface area contributed by atoms with Crippen LogP contribution in [-0.4, -0.2) is 42.5 Å². The minimum Gasteiger partial charge on any atom is -0.494 e. The number of aromatic nitrogens is 2. The number of ether oxygens (including phenoxy) is 2. The molecule has 6 heteroatoms. The minimum absolute atomic E-state index is 0.294. The van der Waals surface area contributed by atoms with E-state index in [4.69, 9.17) is 9.47 Å². The first-order chi connectivity index (χ1) is 13.7. The number of carbonyl (C=O) groups excluding carboxylic acids is 1. The molecule has 0 saturated carbocycles. The molecule has 6 nitrogen and oxygen atoms in total. The number of anilines is 1. The molecule has 1 aliphatic rings. The van der Waals surface area contributed by atoms with Crippen LogP contribution in [-0.2, 0) is 4.74 Å². The second-order valence-electron chi connectivity index (χ2n) is 7.20. The summed E-state index contributed by atoms with van der Waals surface area (Å²) < 4.78 is 10.8. The molecule has 3 rings (SSSR count). The molecule has 0 N–H and O–H groups in total. The van der Waals surface area contributed by atoms with E-state index in [1.807, 2.05) is 25.1 Å². The molecule has 1 aliphatic heterocycles. The van der Waals surface area contributed by atoms with Gasteiger partial charge in [0.2, 0.25) is 0 Å². The highest BCUT2D eigenvalue weighted by molar-refractivity contribution is 5.89. The van der Waals surface area contributed by atoms with E-state index in [1.165, 1.54) is 19.3 Å². The molecule has 0 bridgehead atoms. The van der Waals surface area contributed by atoms with Gasteiger partial charge in [-0.3, -0.25) is 0 Å². The number of aryl methyl sites for hydroxylation is 1. The van der Waals surface area contributed by atoms with Crippen molar-refractivity contribution in [2.45, 2.75) is 39.5 Å². The molecule has 2 heterocycles. The van der Waals surface area contributed by atoms with Crippen LogP contribution in [0.3, 0.4) is 0 Å². The first-order valence-corrected chi connectivity index (χ1v) is 10.1. The van der Waals surface area contributed by atoms with Crippen molar-refractivity contribution in [3.05, 3.63) is 47.7 Å². The molecule has 1 saturated heterocycles. The van der Waals surface area contributed by atoms with Crippen LogP contribution in [0.25, 0.3) is 0 Å². The number of benzene rings is 1. The zero-order valence-corrected chi connectivity index (χ0v) is 16.8. The lowest BCUT2D eigenvalue weighted by atomic mass is 9.92. The number of hydrogen-bond acceptors (Lipinski definition) is 6. The van der Waals surface area contributed by atoms with Crippen LogP contribution in [0, 0.1) is 12.8 Å². The van der Waals surface area contributed by atoms with Crippen molar-refractivity contribution < 1.29 is 14.3 Å². The number of piperidine rings is 1. The first-order valence-electron chi connectivity index (χ1n) is 10.1. The third kappa shape index (κ3) is 5.68.